The fourth-order valence-corrected chi connectivity index (χ4v) is 1.44. The summed E-state index contributed by atoms with van der Waals surface area (Å²) in [6.45, 7) is 0.391. The maximum atomic E-state index is 10.5. The van der Waals surface area contributed by atoms with Crippen LogP contribution in [0.4, 0.5) is 5.13 Å². The lowest BCUT2D eigenvalue weighted by atomic mass is 10.3. The quantitative estimate of drug-likeness (QED) is 0.818. The van der Waals surface area contributed by atoms with Crippen molar-refractivity contribution in [2.24, 2.45) is 0 Å². The first kappa shape index (κ1) is 9.66. The maximum absolute atomic E-state index is 10.5. The third-order valence-corrected chi connectivity index (χ3v) is 2.32. The number of nitrogens with one attached hydrogen (secondary N) is 1. The van der Waals surface area contributed by atoms with Gasteiger partial charge in [0.15, 0.2) is 0 Å². The van der Waals surface area contributed by atoms with Gasteiger partial charge in [-0.05, 0) is 6.07 Å². The summed E-state index contributed by atoms with van der Waals surface area (Å²) in [6, 6.07) is 1.47. The molecular formula is C8H7N3O3S. The van der Waals surface area contributed by atoms with Gasteiger partial charge in [-0.2, -0.15) is 0 Å². The molecule has 0 atom stereocenters. The second-order valence-corrected chi connectivity index (χ2v) is 3.54. The van der Waals surface area contributed by atoms with Crippen molar-refractivity contribution in [3.8, 4) is 0 Å². The average Bonchev–Trinajstić information content (AvgIpc) is 2.86. The molecule has 0 aliphatic heterocycles. The fraction of sp³-hybridized carbons (Fsp3) is 0.125. The van der Waals surface area contributed by atoms with E-state index in [4.69, 9.17) is 9.52 Å². The van der Waals surface area contributed by atoms with Gasteiger partial charge in [0.05, 0.1) is 12.1 Å². The molecule has 0 fully saturated rings. The molecule has 0 bridgehead atoms. The Labute approximate surface area is 88.6 Å². The zero-order chi connectivity index (χ0) is 10.7. The number of hydrogen-bond donors (Lipinski definition) is 2. The molecule has 0 radical (unpaired) electrons. The number of carboxylic acid groups (broad SMARTS) is 1. The number of rotatable bonds is 4. The normalized spacial score (nSPS) is 10.1. The number of aromatic carboxylic acids is 1. The van der Waals surface area contributed by atoms with Crippen LogP contribution in [-0.2, 0) is 6.54 Å². The molecule has 15 heavy (non-hydrogen) atoms. The van der Waals surface area contributed by atoms with Gasteiger partial charge >= 0.3 is 5.97 Å². The third-order valence-electron chi connectivity index (χ3n) is 1.67. The predicted molar refractivity (Wildman–Crippen MR) is 52.9 cm³/mol. The molecule has 0 unspecified atom stereocenters. The van der Waals surface area contributed by atoms with Crippen LogP contribution in [0.25, 0.3) is 0 Å². The summed E-state index contributed by atoms with van der Waals surface area (Å²) in [6.07, 6.45) is 1.21. The van der Waals surface area contributed by atoms with Crippen LogP contribution in [0.2, 0.25) is 0 Å². The minimum absolute atomic E-state index is 0.143. The zero-order valence-corrected chi connectivity index (χ0v) is 8.32. The van der Waals surface area contributed by atoms with Gasteiger partial charge in [0.25, 0.3) is 0 Å². The minimum Gasteiger partial charge on any atom is -0.478 e. The van der Waals surface area contributed by atoms with Gasteiger partial charge in [0.2, 0.25) is 5.13 Å². The number of carbonyl (C=O) groups is 1. The van der Waals surface area contributed by atoms with E-state index in [1.807, 2.05) is 0 Å². The number of carboxylic acids is 1. The second kappa shape index (κ2) is 4.09. The Kier molecular flexibility index (Phi) is 2.64. The molecule has 6 nitrogen and oxygen atoms in total. The molecule has 0 aromatic carbocycles. The lowest BCUT2D eigenvalue weighted by molar-refractivity contribution is 0.0696. The van der Waals surface area contributed by atoms with E-state index in [0.717, 1.165) is 0 Å². The van der Waals surface area contributed by atoms with E-state index in [9.17, 15) is 4.79 Å². The van der Waals surface area contributed by atoms with Crippen LogP contribution in [0.1, 0.15) is 16.1 Å². The van der Waals surface area contributed by atoms with Crippen molar-refractivity contribution in [2.45, 2.75) is 6.54 Å². The molecule has 2 rings (SSSR count). The van der Waals surface area contributed by atoms with Gasteiger partial charge in [0.1, 0.15) is 17.5 Å². The van der Waals surface area contributed by atoms with E-state index in [1.54, 1.807) is 5.51 Å². The van der Waals surface area contributed by atoms with E-state index in [2.05, 4.69) is 15.5 Å². The second-order valence-electron chi connectivity index (χ2n) is 2.70. The third kappa shape index (κ3) is 2.32. The lowest BCUT2D eigenvalue weighted by Gasteiger charge is -1.96. The van der Waals surface area contributed by atoms with E-state index < -0.39 is 5.97 Å². The number of anilines is 1. The van der Waals surface area contributed by atoms with E-state index in [-0.39, 0.29) is 5.56 Å². The summed E-state index contributed by atoms with van der Waals surface area (Å²) in [5.74, 6) is -0.455. The van der Waals surface area contributed by atoms with Crippen LogP contribution in [0.15, 0.2) is 22.3 Å². The minimum atomic E-state index is -0.999. The summed E-state index contributed by atoms with van der Waals surface area (Å²) >= 11 is 1.36. The van der Waals surface area contributed by atoms with Gasteiger partial charge in [-0.15, -0.1) is 10.2 Å². The van der Waals surface area contributed by atoms with E-state index in [0.29, 0.717) is 17.4 Å². The van der Waals surface area contributed by atoms with Crippen molar-refractivity contribution >= 4 is 22.4 Å². The topological polar surface area (TPSA) is 88.2 Å². The van der Waals surface area contributed by atoms with Gasteiger partial charge in [-0.3, -0.25) is 0 Å². The highest BCUT2D eigenvalue weighted by molar-refractivity contribution is 7.13. The highest BCUT2D eigenvalue weighted by Gasteiger charge is 2.08. The molecular weight excluding hydrogens is 218 g/mol. The number of aromatic nitrogens is 2. The average molecular weight is 225 g/mol. The van der Waals surface area contributed by atoms with Crippen molar-refractivity contribution < 1.29 is 14.3 Å². The molecule has 0 aliphatic carbocycles. The van der Waals surface area contributed by atoms with E-state index >= 15 is 0 Å². The standard InChI is InChI=1S/C8H7N3O3S/c12-7(13)5-1-6(14-3-5)2-9-8-11-10-4-15-8/h1,3-4H,2H2,(H,9,11)(H,12,13). The first-order chi connectivity index (χ1) is 7.25. The van der Waals surface area contributed by atoms with Crippen LogP contribution >= 0.6 is 11.3 Å². The van der Waals surface area contributed by atoms with E-state index in [1.165, 1.54) is 23.7 Å². The van der Waals surface area contributed by atoms with Crippen LogP contribution in [-0.4, -0.2) is 21.3 Å². The van der Waals surface area contributed by atoms with Crippen molar-refractivity contribution in [3.05, 3.63) is 29.2 Å². The summed E-state index contributed by atoms with van der Waals surface area (Å²) < 4.78 is 5.04. The van der Waals surface area contributed by atoms with Crippen molar-refractivity contribution in [2.75, 3.05) is 5.32 Å². The van der Waals surface area contributed by atoms with Crippen molar-refractivity contribution in [1.82, 2.24) is 10.2 Å². The Hall–Kier alpha value is -1.89. The maximum Gasteiger partial charge on any atom is 0.338 e. The van der Waals surface area contributed by atoms with Gasteiger partial charge < -0.3 is 14.8 Å². The van der Waals surface area contributed by atoms with Crippen LogP contribution in [0.5, 0.6) is 0 Å². The molecule has 0 amide bonds. The SMILES string of the molecule is O=C(O)c1coc(CNc2nncs2)c1. The van der Waals surface area contributed by atoms with Gasteiger partial charge in [-0.1, -0.05) is 11.3 Å². The number of nitrogens with zero attached hydrogens (tertiary/aromatic N) is 2. The Bertz CT molecular complexity index is 451. The van der Waals surface area contributed by atoms with Crippen molar-refractivity contribution in [1.29, 1.82) is 0 Å². The smallest absolute Gasteiger partial charge is 0.338 e. The zero-order valence-electron chi connectivity index (χ0n) is 7.51. The Morgan fingerprint density at radius 3 is 3.13 bits per heavy atom. The molecule has 0 saturated carbocycles. The number of furan rings is 1. The summed E-state index contributed by atoms with van der Waals surface area (Å²) in [5, 5.41) is 19.7. The van der Waals surface area contributed by atoms with Crippen LogP contribution in [0, 0.1) is 0 Å². The molecule has 78 valence electrons. The molecule has 2 heterocycles. The van der Waals surface area contributed by atoms with Gasteiger partial charge in [0, 0.05) is 0 Å². The first-order valence-electron chi connectivity index (χ1n) is 4.06. The summed E-state index contributed by atoms with van der Waals surface area (Å²) in [4.78, 5) is 10.5. The Balaban J connectivity index is 1.96. The molecule has 2 aromatic heterocycles. The lowest BCUT2D eigenvalue weighted by Crippen LogP contribution is -1.98. The number of hydrogen-bond acceptors (Lipinski definition) is 6. The molecule has 2 N–H and O–H groups in total. The summed E-state index contributed by atoms with van der Waals surface area (Å²) in [7, 11) is 0. The molecule has 7 heteroatoms. The largest absolute Gasteiger partial charge is 0.478 e. The van der Waals surface area contributed by atoms with Gasteiger partial charge in [-0.25, -0.2) is 4.79 Å². The highest BCUT2D eigenvalue weighted by atomic mass is 32.1. The van der Waals surface area contributed by atoms with Crippen LogP contribution in [0.3, 0.4) is 0 Å². The van der Waals surface area contributed by atoms with Crippen LogP contribution < -0.4 is 5.32 Å². The molecule has 0 aliphatic rings. The fourth-order valence-electron chi connectivity index (χ4n) is 0.998. The molecule has 2 aromatic rings. The Morgan fingerprint density at radius 1 is 1.67 bits per heavy atom. The monoisotopic (exact) mass is 225 g/mol. The molecule has 0 spiro atoms. The predicted octanol–water partition coefficient (Wildman–Crippen LogP) is 1.44. The first-order valence-corrected chi connectivity index (χ1v) is 4.94. The molecule has 0 saturated heterocycles. The van der Waals surface area contributed by atoms with Crippen molar-refractivity contribution in [3.63, 3.8) is 0 Å². The summed E-state index contributed by atoms with van der Waals surface area (Å²) in [5.41, 5.74) is 1.75. The highest BCUT2D eigenvalue weighted by Crippen LogP contribution is 2.12. The Morgan fingerprint density at radius 2 is 2.53 bits per heavy atom.